The number of methoxy groups -OCH3 is 1. The monoisotopic (exact) mass is 438 g/mol. The quantitative estimate of drug-likeness (QED) is 0.469. The molecule has 4 heterocycles. The third-order valence-electron chi connectivity index (χ3n) is 5.71. The van der Waals surface area contributed by atoms with Gasteiger partial charge in [-0.2, -0.15) is 14.5 Å². The first-order valence-corrected chi connectivity index (χ1v) is 11.2. The van der Waals surface area contributed by atoms with Gasteiger partial charge in [-0.3, -0.25) is 4.68 Å². The maximum atomic E-state index is 5.53. The van der Waals surface area contributed by atoms with Crippen LogP contribution in [0.2, 0.25) is 0 Å². The number of nitrogens with one attached hydrogen (secondary N) is 2. The Hall–Kier alpha value is -2.98. The normalized spacial score (nSPS) is 19.1. The van der Waals surface area contributed by atoms with E-state index in [1.807, 2.05) is 44.7 Å². The largest absolute Gasteiger partial charge is 0.381 e. The number of fused-ring (bicyclic) bond motifs is 1. The molecule has 0 bridgehead atoms. The molecule has 0 amide bonds. The lowest BCUT2D eigenvalue weighted by Crippen LogP contribution is -2.29. The van der Waals surface area contributed by atoms with E-state index in [2.05, 4.69) is 24.7 Å². The summed E-state index contributed by atoms with van der Waals surface area (Å²) in [6.07, 6.45) is 10.4. The van der Waals surface area contributed by atoms with E-state index in [0.717, 1.165) is 58.9 Å². The van der Waals surface area contributed by atoms with E-state index < -0.39 is 0 Å². The van der Waals surface area contributed by atoms with Gasteiger partial charge in [0.05, 0.1) is 29.2 Å². The summed E-state index contributed by atoms with van der Waals surface area (Å²) in [7, 11) is 3.71. The Morgan fingerprint density at radius 1 is 1.19 bits per heavy atom. The lowest BCUT2D eigenvalue weighted by atomic mass is 9.93. The van der Waals surface area contributed by atoms with E-state index in [-0.39, 0.29) is 0 Å². The van der Waals surface area contributed by atoms with Crippen LogP contribution in [0.25, 0.3) is 16.7 Å². The maximum absolute atomic E-state index is 5.53. The van der Waals surface area contributed by atoms with Crippen molar-refractivity contribution >= 4 is 39.3 Å². The first-order valence-electron chi connectivity index (χ1n) is 10.5. The highest BCUT2D eigenvalue weighted by atomic mass is 32.1. The molecule has 31 heavy (non-hydrogen) atoms. The average Bonchev–Trinajstić information content (AvgIpc) is 3.48. The smallest absolute Gasteiger partial charge is 0.230 e. The Morgan fingerprint density at radius 2 is 2.03 bits per heavy atom. The molecule has 5 rings (SSSR count). The van der Waals surface area contributed by atoms with E-state index in [1.165, 1.54) is 11.5 Å². The van der Waals surface area contributed by atoms with Gasteiger partial charge in [-0.15, -0.1) is 0 Å². The number of anilines is 3. The lowest BCUT2D eigenvalue weighted by Gasteiger charge is -2.28. The van der Waals surface area contributed by atoms with Crippen molar-refractivity contribution in [1.82, 2.24) is 28.7 Å². The van der Waals surface area contributed by atoms with Gasteiger partial charge in [0.15, 0.2) is 5.82 Å². The second-order valence-corrected chi connectivity index (χ2v) is 8.80. The number of hydrogen-bond donors (Lipinski definition) is 2. The molecule has 162 valence electrons. The number of aryl methyl sites for hydroxylation is 2. The zero-order valence-corrected chi connectivity index (χ0v) is 18.7. The molecule has 1 aliphatic carbocycles. The molecule has 4 aromatic heterocycles. The van der Waals surface area contributed by atoms with E-state index in [1.54, 1.807) is 11.8 Å². The van der Waals surface area contributed by atoms with E-state index >= 15 is 0 Å². The minimum atomic E-state index is 0.347. The van der Waals surface area contributed by atoms with Gasteiger partial charge in [-0.25, -0.2) is 4.98 Å². The fourth-order valence-electron chi connectivity index (χ4n) is 4.12. The van der Waals surface area contributed by atoms with Crippen LogP contribution in [0.3, 0.4) is 0 Å². The Morgan fingerprint density at radius 3 is 2.71 bits per heavy atom. The molecular formula is C21H26N8OS. The second-order valence-electron chi connectivity index (χ2n) is 8.00. The Labute approximate surface area is 184 Å². The van der Waals surface area contributed by atoms with Crippen LogP contribution in [0, 0.1) is 6.92 Å². The zero-order valence-electron chi connectivity index (χ0n) is 17.9. The summed E-state index contributed by atoms with van der Waals surface area (Å²) >= 11 is 1.41. The molecule has 0 unspecified atom stereocenters. The van der Waals surface area contributed by atoms with Crippen LogP contribution in [0.1, 0.15) is 31.4 Å². The molecule has 1 fully saturated rings. The van der Waals surface area contributed by atoms with Gasteiger partial charge in [0, 0.05) is 32.6 Å². The highest BCUT2D eigenvalue weighted by Gasteiger charge is 2.23. The van der Waals surface area contributed by atoms with Crippen LogP contribution >= 0.6 is 11.5 Å². The van der Waals surface area contributed by atoms with E-state index in [9.17, 15) is 0 Å². The summed E-state index contributed by atoms with van der Waals surface area (Å²) in [5.41, 5.74) is 3.78. The number of aromatic nitrogens is 6. The number of rotatable bonds is 6. The molecule has 4 aromatic rings. The first-order chi connectivity index (χ1) is 15.1. The molecule has 10 heteroatoms. The first kappa shape index (κ1) is 20.0. The summed E-state index contributed by atoms with van der Waals surface area (Å²) < 4.78 is 13.8. The van der Waals surface area contributed by atoms with Gasteiger partial charge >= 0.3 is 0 Å². The maximum Gasteiger partial charge on any atom is 0.230 e. The van der Waals surface area contributed by atoms with Crippen LogP contribution in [-0.2, 0) is 11.8 Å². The molecule has 0 atom stereocenters. The number of nitrogens with zero attached hydrogens (tertiary/aromatic N) is 6. The van der Waals surface area contributed by atoms with Gasteiger partial charge in [-0.05, 0) is 56.3 Å². The molecule has 2 N–H and O–H groups in total. The SMILES string of the molecule is CO[C@H]1CC[C@@H](Nc2nc(Nc3cc(C)ns3)nc3ccn(-c4cnn(C)c4)c23)CC1. The predicted octanol–water partition coefficient (Wildman–Crippen LogP) is 4.03. The van der Waals surface area contributed by atoms with Crippen molar-refractivity contribution in [2.75, 3.05) is 17.7 Å². The van der Waals surface area contributed by atoms with Crippen molar-refractivity contribution in [1.29, 1.82) is 0 Å². The van der Waals surface area contributed by atoms with Crippen LogP contribution < -0.4 is 10.6 Å². The molecular weight excluding hydrogens is 412 g/mol. The van der Waals surface area contributed by atoms with Gasteiger partial charge < -0.3 is 19.9 Å². The summed E-state index contributed by atoms with van der Waals surface area (Å²) in [5.74, 6) is 1.39. The van der Waals surface area contributed by atoms with Crippen molar-refractivity contribution in [3.63, 3.8) is 0 Å². The average molecular weight is 439 g/mol. The lowest BCUT2D eigenvalue weighted by molar-refractivity contribution is 0.0681. The van der Waals surface area contributed by atoms with Crippen LogP contribution in [-0.4, -0.2) is 47.9 Å². The van der Waals surface area contributed by atoms with Crippen molar-refractivity contribution in [2.45, 2.75) is 44.8 Å². The molecule has 0 aromatic carbocycles. The fourth-order valence-corrected chi connectivity index (χ4v) is 4.77. The standard InChI is InChI=1S/C21H26N8OS/c1-13-10-18(31-27-13)25-21-24-17-8-9-29(15-11-22-28(2)12-15)19(17)20(26-21)23-14-4-6-16(30-3)7-5-14/h8-12,14,16H,4-7H2,1-3H3,(H2,23,24,25,26)/t14-,16+. The van der Waals surface area contributed by atoms with Crippen LogP contribution in [0.4, 0.5) is 16.8 Å². The molecule has 9 nitrogen and oxygen atoms in total. The summed E-state index contributed by atoms with van der Waals surface area (Å²) in [6.45, 7) is 1.98. The second kappa shape index (κ2) is 8.27. The number of hydrogen-bond acceptors (Lipinski definition) is 8. The van der Waals surface area contributed by atoms with Crippen molar-refractivity contribution in [2.24, 2.45) is 7.05 Å². The third kappa shape index (κ3) is 4.13. The third-order valence-corrected chi connectivity index (χ3v) is 6.51. The van der Waals surface area contributed by atoms with Crippen LogP contribution in [0.5, 0.6) is 0 Å². The topological polar surface area (TPSA) is 94.7 Å². The summed E-state index contributed by atoms with van der Waals surface area (Å²) in [5, 5.41) is 12.3. The van der Waals surface area contributed by atoms with Gasteiger partial charge in [0.25, 0.3) is 0 Å². The minimum absolute atomic E-state index is 0.347. The Balaban J connectivity index is 1.52. The molecule has 1 aliphatic rings. The van der Waals surface area contributed by atoms with Gasteiger partial charge in [0.2, 0.25) is 5.95 Å². The molecule has 1 saturated carbocycles. The van der Waals surface area contributed by atoms with E-state index in [4.69, 9.17) is 14.7 Å². The summed E-state index contributed by atoms with van der Waals surface area (Å²) in [4.78, 5) is 9.63. The number of ether oxygens (including phenoxy) is 1. The highest BCUT2D eigenvalue weighted by molar-refractivity contribution is 7.10. The Bertz CT molecular complexity index is 1190. The summed E-state index contributed by atoms with van der Waals surface area (Å²) in [6, 6.07) is 4.36. The predicted molar refractivity (Wildman–Crippen MR) is 122 cm³/mol. The minimum Gasteiger partial charge on any atom is -0.381 e. The highest BCUT2D eigenvalue weighted by Crippen LogP contribution is 2.31. The van der Waals surface area contributed by atoms with Crippen molar-refractivity contribution < 1.29 is 4.74 Å². The zero-order chi connectivity index (χ0) is 21.4. The van der Waals surface area contributed by atoms with E-state index in [0.29, 0.717) is 18.1 Å². The molecule has 0 spiro atoms. The van der Waals surface area contributed by atoms with Crippen LogP contribution in [0.15, 0.2) is 30.7 Å². The van der Waals surface area contributed by atoms with Gasteiger partial charge in [0.1, 0.15) is 10.5 Å². The Kier molecular flexibility index (Phi) is 5.33. The van der Waals surface area contributed by atoms with Crippen molar-refractivity contribution in [3.8, 4) is 5.69 Å². The molecule has 0 radical (unpaired) electrons. The van der Waals surface area contributed by atoms with Crippen molar-refractivity contribution in [3.05, 3.63) is 36.4 Å². The molecule has 0 aliphatic heterocycles. The fraction of sp³-hybridized carbons (Fsp3) is 0.429. The molecule has 0 saturated heterocycles. The van der Waals surface area contributed by atoms with Gasteiger partial charge in [-0.1, -0.05) is 0 Å².